The van der Waals surface area contributed by atoms with Gasteiger partial charge in [0.15, 0.2) is 0 Å². The Morgan fingerprint density at radius 1 is 1.10 bits per heavy atom. The molecule has 0 aliphatic heterocycles. The number of rotatable bonds is 3. The first kappa shape index (κ1) is 14.9. The van der Waals surface area contributed by atoms with Crippen molar-refractivity contribution in [3.05, 3.63) is 64.2 Å². The molecular weight excluding hydrogens is 304 g/mol. The minimum absolute atomic E-state index is 0.112. The summed E-state index contributed by atoms with van der Waals surface area (Å²) < 4.78 is 27.1. The third-order valence-electron chi connectivity index (χ3n) is 2.65. The Hall–Kier alpha value is -2.47. The van der Waals surface area contributed by atoms with Gasteiger partial charge in [0, 0.05) is 5.02 Å². The number of benzene rings is 2. The number of carboxylic acids is 1. The fourth-order valence-corrected chi connectivity index (χ4v) is 1.87. The number of anilines is 1. The second-order valence-corrected chi connectivity index (χ2v) is 4.48. The van der Waals surface area contributed by atoms with Crippen LogP contribution in [0.15, 0.2) is 36.4 Å². The third kappa shape index (κ3) is 3.17. The average Bonchev–Trinajstić information content (AvgIpc) is 2.37. The molecule has 0 aliphatic carbocycles. The lowest BCUT2D eigenvalue weighted by molar-refractivity contribution is 0.0693. The maximum atomic E-state index is 13.6. The van der Waals surface area contributed by atoms with E-state index < -0.39 is 29.1 Å². The molecular formula is C14H8ClF2NO3. The molecule has 0 saturated carbocycles. The molecule has 108 valence electrons. The number of carbonyl (C=O) groups is 2. The molecule has 2 rings (SSSR count). The fourth-order valence-electron chi connectivity index (χ4n) is 1.71. The molecule has 0 heterocycles. The van der Waals surface area contributed by atoms with E-state index in [1.165, 1.54) is 18.2 Å². The van der Waals surface area contributed by atoms with Gasteiger partial charge < -0.3 is 10.4 Å². The molecule has 0 aromatic heterocycles. The molecule has 2 N–H and O–H groups in total. The second kappa shape index (κ2) is 5.88. The quantitative estimate of drug-likeness (QED) is 0.910. The van der Waals surface area contributed by atoms with Crippen LogP contribution in [0.5, 0.6) is 0 Å². The zero-order valence-corrected chi connectivity index (χ0v) is 11.1. The first-order valence-electron chi connectivity index (χ1n) is 5.68. The summed E-state index contributed by atoms with van der Waals surface area (Å²) in [6.07, 6.45) is 0. The second-order valence-electron chi connectivity index (χ2n) is 4.05. The number of hydrogen-bond acceptors (Lipinski definition) is 2. The summed E-state index contributed by atoms with van der Waals surface area (Å²) in [6, 6.07) is 6.78. The van der Waals surface area contributed by atoms with E-state index in [-0.39, 0.29) is 16.3 Å². The van der Waals surface area contributed by atoms with Gasteiger partial charge in [-0.3, -0.25) is 4.79 Å². The molecule has 21 heavy (non-hydrogen) atoms. The van der Waals surface area contributed by atoms with Crippen LogP contribution in [-0.2, 0) is 0 Å². The summed E-state index contributed by atoms with van der Waals surface area (Å²) in [7, 11) is 0. The maximum Gasteiger partial charge on any atom is 0.340 e. The molecule has 1 amide bonds. The number of amides is 1. The zero-order chi connectivity index (χ0) is 15.6. The molecule has 4 nitrogen and oxygen atoms in total. The van der Waals surface area contributed by atoms with E-state index in [0.29, 0.717) is 0 Å². The Balaban J connectivity index is 2.36. The van der Waals surface area contributed by atoms with Crippen molar-refractivity contribution in [3.8, 4) is 0 Å². The number of halogens is 3. The standard InChI is InChI=1S/C14H8ClF2NO3/c15-7-4-5-8(10(17)6-7)13(19)18-11-3-1-2-9(16)12(11)14(20)21/h1-6H,(H,18,19)(H,20,21). The lowest BCUT2D eigenvalue weighted by atomic mass is 10.1. The van der Waals surface area contributed by atoms with E-state index in [0.717, 1.165) is 18.2 Å². The van der Waals surface area contributed by atoms with Crippen LogP contribution in [0, 0.1) is 11.6 Å². The van der Waals surface area contributed by atoms with E-state index in [1.807, 2.05) is 0 Å². The maximum absolute atomic E-state index is 13.6. The van der Waals surface area contributed by atoms with Crippen molar-refractivity contribution in [2.24, 2.45) is 0 Å². The monoisotopic (exact) mass is 311 g/mol. The highest BCUT2D eigenvalue weighted by molar-refractivity contribution is 6.30. The first-order valence-corrected chi connectivity index (χ1v) is 6.06. The smallest absolute Gasteiger partial charge is 0.340 e. The third-order valence-corrected chi connectivity index (χ3v) is 2.89. The van der Waals surface area contributed by atoms with Crippen LogP contribution in [0.4, 0.5) is 14.5 Å². The summed E-state index contributed by atoms with van der Waals surface area (Å²) >= 11 is 5.57. The molecule has 0 spiro atoms. The number of aromatic carboxylic acids is 1. The summed E-state index contributed by atoms with van der Waals surface area (Å²) in [5.41, 5.74) is -1.29. The van der Waals surface area contributed by atoms with Crippen LogP contribution < -0.4 is 5.32 Å². The van der Waals surface area contributed by atoms with Gasteiger partial charge in [0.1, 0.15) is 17.2 Å². The Morgan fingerprint density at radius 3 is 2.43 bits per heavy atom. The molecule has 0 unspecified atom stereocenters. The van der Waals surface area contributed by atoms with Gasteiger partial charge >= 0.3 is 5.97 Å². The molecule has 7 heteroatoms. The number of nitrogens with one attached hydrogen (secondary N) is 1. The van der Waals surface area contributed by atoms with Crippen LogP contribution in [0.1, 0.15) is 20.7 Å². The van der Waals surface area contributed by atoms with E-state index in [2.05, 4.69) is 5.32 Å². The van der Waals surface area contributed by atoms with Gasteiger partial charge in [0.25, 0.3) is 5.91 Å². The molecule has 0 fully saturated rings. The van der Waals surface area contributed by atoms with Gasteiger partial charge in [-0.1, -0.05) is 17.7 Å². The predicted molar refractivity (Wildman–Crippen MR) is 72.7 cm³/mol. The van der Waals surface area contributed by atoms with Crippen molar-refractivity contribution in [1.29, 1.82) is 0 Å². The molecule has 0 atom stereocenters. The van der Waals surface area contributed by atoms with Crippen LogP contribution in [0.2, 0.25) is 5.02 Å². The summed E-state index contributed by atoms with van der Waals surface area (Å²) in [5, 5.41) is 11.2. The molecule has 2 aromatic rings. The Bertz CT molecular complexity index is 734. The Kier molecular flexibility index (Phi) is 4.18. The SMILES string of the molecule is O=C(Nc1cccc(F)c1C(=O)O)c1ccc(Cl)cc1F. The number of carbonyl (C=O) groups excluding carboxylic acids is 1. The van der Waals surface area contributed by atoms with Crippen molar-refractivity contribution < 1.29 is 23.5 Å². The van der Waals surface area contributed by atoms with Gasteiger partial charge in [-0.15, -0.1) is 0 Å². The fraction of sp³-hybridized carbons (Fsp3) is 0. The van der Waals surface area contributed by atoms with Crippen LogP contribution >= 0.6 is 11.6 Å². The molecule has 0 aliphatic rings. The lowest BCUT2D eigenvalue weighted by Gasteiger charge is -2.09. The molecule has 0 radical (unpaired) electrons. The predicted octanol–water partition coefficient (Wildman–Crippen LogP) is 3.57. The van der Waals surface area contributed by atoms with Gasteiger partial charge in [-0.2, -0.15) is 0 Å². The largest absolute Gasteiger partial charge is 0.478 e. The topological polar surface area (TPSA) is 66.4 Å². The normalized spacial score (nSPS) is 10.2. The Morgan fingerprint density at radius 2 is 1.81 bits per heavy atom. The van der Waals surface area contributed by atoms with Gasteiger partial charge in [0.2, 0.25) is 0 Å². The van der Waals surface area contributed by atoms with E-state index in [1.54, 1.807) is 0 Å². The van der Waals surface area contributed by atoms with E-state index in [4.69, 9.17) is 16.7 Å². The van der Waals surface area contributed by atoms with Crippen molar-refractivity contribution in [2.75, 3.05) is 5.32 Å². The minimum Gasteiger partial charge on any atom is -0.478 e. The van der Waals surface area contributed by atoms with Crippen LogP contribution in [0.25, 0.3) is 0 Å². The summed E-state index contributed by atoms with van der Waals surface area (Å²) in [6.45, 7) is 0. The molecule has 0 bridgehead atoms. The lowest BCUT2D eigenvalue weighted by Crippen LogP contribution is -2.17. The van der Waals surface area contributed by atoms with Gasteiger partial charge in [-0.25, -0.2) is 13.6 Å². The highest BCUT2D eigenvalue weighted by Crippen LogP contribution is 2.21. The van der Waals surface area contributed by atoms with Crippen molar-refractivity contribution in [2.45, 2.75) is 0 Å². The summed E-state index contributed by atoms with van der Waals surface area (Å²) in [5.74, 6) is -4.32. The highest BCUT2D eigenvalue weighted by Gasteiger charge is 2.19. The molecule has 2 aromatic carbocycles. The van der Waals surface area contributed by atoms with Gasteiger partial charge in [-0.05, 0) is 30.3 Å². The number of carboxylic acid groups (broad SMARTS) is 1. The summed E-state index contributed by atoms with van der Waals surface area (Å²) in [4.78, 5) is 22.9. The van der Waals surface area contributed by atoms with Crippen molar-refractivity contribution >= 4 is 29.2 Å². The minimum atomic E-state index is -1.54. The number of hydrogen-bond donors (Lipinski definition) is 2. The molecule has 0 saturated heterocycles. The van der Waals surface area contributed by atoms with Crippen molar-refractivity contribution in [3.63, 3.8) is 0 Å². The van der Waals surface area contributed by atoms with Gasteiger partial charge in [0.05, 0.1) is 11.3 Å². The van der Waals surface area contributed by atoms with Crippen LogP contribution in [-0.4, -0.2) is 17.0 Å². The van der Waals surface area contributed by atoms with Crippen molar-refractivity contribution in [1.82, 2.24) is 0 Å². The van der Waals surface area contributed by atoms with E-state index in [9.17, 15) is 18.4 Å². The Labute approximate surface area is 123 Å². The first-order chi connectivity index (χ1) is 9.90. The van der Waals surface area contributed by atoms with Crippen LogP contribution in [0.3, 0.4) is 0 Å². The van der Waals surface area contributed by atoms with E-state index >= 15 is 0 Å². The zero-order valence-electron chi connectivity index (χ0n) is 10.4. The average molecular weight is 312 g/mol. The highest BCUT2D eigenvalue weighted by atomic mass is 35.5.